The van der Waals surface area contributed by atoms with Gasteiger partial charge in [0, 0.05) is 5.56 Å². The lowest BCUT2D eigenvalue weighted by molar-refractivity contribution is 1.05. The van der Waals surface area contributed by atoms with Crippen LogP contribution in [0.2, 0.25) is 5.02 Å². The Bertz CT molecular complexity index is 442. The topological polar surface area (TPSA) is 51.8 Å². The fraction of sp³-hybridized carbons (Fsp3) is 0. The first-order valence-corrected chi connectivity index (χ1v) is 4.49. The van der Waals surface area contributed by atoms with Gasteiger partial charge in [0.05, 0.1) is 10.7 Å². The van der Waals surface area contributed by atoms with Crippen LogP contribution in [0.25, 0.3) is 11.3 Å². The molecule has 0 aliphatic carbocycles. The van der Waals surface area contributed by atoms with Gasteiger partial charge in [0.2, 0.25) is 0 Å². The third-order valence-corrected chi connectivity index (χ3v) is 2.15. The molecule has 4 heteroatoms. The second kappa shape index (κ2) is 3.64. The molecule has 2 N–H and O–H groups in total. The summed E-state index contributed by atoms with van der Waals surface area (Å²) in [6, 6.07) is 11.4. The second-order valence-corrected chi connectivity index (χ2v) is 3.24. The van der Waals surface area contributed by atoms with Crippen molar-refractivity contribution in [3.8, 4) is 11.3 Å². The predicted molar refractivity (Wildman–Crippen MR) is 56.9 cm³/mol. The van der Waals surface area contributed by atoms with E-state index < -0.39 is 0 Å². The molecule has 0 fully saturated rings. The van der Waals surface area contributed by atoms with E-state index in [1.807, 2.05) is 30.3 Å². The van der Waals surface area contributed by atoms with Gasteiger partial charge in [-0.1, -0.05) is 41.9 Å². The molecule has 3 nitrogen and oxygen atoms in total. The standard InChI is InChI=1S/C10H8ClN3/c11-8-6-9(13-14-10(8)12)7-4-2-1-3-5-7/h1-6H,(H2,12,14). The highest BCUT2D eigenvalue weighted by Gasteiger charge is 2.02. The normalized spacial score (nSPS) is 10.1. The molecule has 0 unspecified atom stereocenters. The number of benzene rings is 1. The molecule has 70 valence electrons. The Kier molecular flexibility index (Phi) is 2.33. The van der Waals surface area contributed by atoms with Gasteiger partial charge in [-0.25, -0.2) is 0 Å². The molecule has 2 aromatic rings. The highest BCUT2D eigenvalue weighted by Crippen LogP contribution is 2.22. The average Bonchev–Trinajstić information content (AvgIpc) is 2.23. The van der Waals surface area contributed by atoms with Gasteiger partial charge in [-0.05, 0) is 6.07 Å². The second-order valence-electron chi connectivity index (χ2n) is 2.83. The van der Waals surface area contributed by atoms with Crippen molar-refractivity contribution in [2.45, 2.75) is 0 Å². The summed E-state index contributed by atoms with van der Waals surface area (Å²) in [4.78, 5) is 0. The van der Waals surface area contributed by atoms with E-state index in [1.54, 1.807) is 6.07 Å². The molecule has 0 atom stereocenters. The van der Waals surface area contributed by atoms with E-state index in [0.29, 0.717) is 5.02 Å². The molecule has 1 aromatic carbocycles. The maximum atomic E-state index is 5.84. The summed E-state index contributed by atoms with van der Waals surface area (Å²) >= 11 is 5.84. The molecule has 0 saturated heterocycles. The molecule has 0 saturated carbocycles. The molecule has 14 heavy (non-hydrogen) atoms. The van der Waals surface area contributed by atoms with Gasteiger partial charge in [-0.3, -0.25) is 0 Å². The predicted octanol–water partition coefficient (Wildman–Crippen LogP) is 2.38. The largest absolute Gasteiger partial charge is 0.381 e. The Morgan fingerprint density at radius 3 is 2.43 bits per heavy atom. The minimum atomic E-state index is 0.256. The van der Waals surface area contributed by atoms with E-state index in [1.165, 1.54) is 0 Å². The molecule has 0 radical (unpaired) electrons. The zero-order valence-electron chi connectivity index (χ0n) is 7.31. The zero-order chi connectivity index (χ0) is 9.97. The van der Waals surface area contributed by atoms with Crippen molar-refractivity contribution in [2.24, 2.45) is 0 Å². The van der Waals surface area contributed by atoms with Crippen molar-refractivity contribution in [1.29, 1.82) is 0 Å². The van der Waals surface area contributed by atoms with Crippen molar-refractivity contribution >= 4 is 17.4 Å². The van der Waals surface area contributed by atoms with Crippen molar-refractivity contribution in [2.75, 3.05) is 5.73 Å². The van der Waals surface area contributed by atoms with E-state index in [-0.39, 0.29) is 5.82 Å². The van der Waals surface area contributed by atoms with E-state index in [9.17, 15) is 0 Å². The monoisotopic (exact) mass is 205 g/mol. The van der Waals surface area contributed by atoms with Gasteiger partial charge in [-0.2, -0.15) is 0 Å². The first-order valence-electron chi connectivity index (χ1n) is 4.11. The average molecular weight is 206 g/mol. The summed E-state index contributed by atoms with van der Waals surface area (Å²) in [5.74, 6) is 0.256. The lowest BCUT2D eigenvalue weighted by Gasteiger charge is -2.00. The first-order chi connectivity index (χ1) is 6.77. The number of aromatic nitrogens is 2. The van der Waals surface area contributed by atoms with Gasteiger partial charge >= 0.3 is 0 Å². The van der Waals surface area contributed by atoms with Crippen LogP contribution in [0, 0.1) is 0 Å². The van der Waals surface area contributed by atoms with Crippen LogP contribution in [0.15, 0.2) is 36.4 Å². The first kappa shape index (κ1) is 8.97. The Balaban J connectivity index is 2.48. The Morgan fingerprint density at radius 2 is 1.79 bits per heavy atom. The minimum Gasteiger partial charge on any atom is -0.381 e. The molecule has 0 bridgehead atoms. The number of rotatable bonds is 1. The smallest absolute Gasteiger partial charge is 0.164 e. The Labute approximate surface area is 86.5 Å². The molecule has 0 aliphatic heterocycles. The SMILES string of the molecule is Nc1nnc(-c2ccccc2)cc1Cl. The fourth-order valence-electron chi connectivity index (χ4n) is 1.13. The van der Waals surface area contributed by atoms with E-state index in [2.05, 4.69) is 10.2 Å². The quantitative estimate of drug-likeness (QED) is 0.778. The molecule has 0 spiro atoms. The lowest BCUT2D eigenvalue weighted by Crippen LogP contribution is -1.95. The van der Waals surface area contributed by atoms with Crippen molar-refractivity contribution in [1.82, 2.24) is 10.2 Å². The van der Waals surface area contributed by atoms with Crippen LogP contribution in [-0.4, -0.2) is 10.2 Å². The van der Waals surface area contributed by atoms with Crippen molar-refractivity contribution in [3.63, 3.8) is 0 Å². The summed E-state index contributed by atoms with van der Waals surface area (Å²) in [5, 5.41) is 8.13. The summed E-state index contributed by atoms with van der Waals surface area (Å²) in [6.07, 6.45) is 0. The molecule has 2 rings (SSSR count). The van der Waals surface area contributed by atoms with Crippen LogP contribution in [0.3, 0.4) is 0 Å². The molecule has 1 heterocycles. The Morgan fingerprint density at radius 1 is 1.07 bits per heavy atom. The molecular formula is C10H8ClN3. The molecule has 0 aliphatic rings. The van der Waals surface area contributed by atoms with Crippen molar-refractivity contribution in [3.05, 3.63) is 41.4 Å². The van der Waals surface area contributed by atoms with Crippen LogP contribution < -0.4 is 5.73 Å². The molecule has 1 aromatic heterocycles. The summed E-state index contributed by atoms with van der Waals surface area (Å²) in [6.45, 7) is 0. The third kappa shape index (κ3) is 1.67. The number of halogens is 1. The zero-order valence-corrected chi connectivity index (χ0v) is 8.07. The van der Waals surface area contributed by atoms with Crippen LogP contribution in [0.4, 0.5) is 5.82 Å². The maximum absolute atomic E-state index is 5.84. The number of nitrogens with two attached hydrogens (primary N) is 1. The minimum absolute atomic E-state index is 0.256. The van der Waals surface area contributed by atoms with Gasteiger partial charge in [0.15, 0.2) is 5.82 Å². The van der Waals surface area contributed by atoms with E-state index in [0.717, 1.165) is 11.3 Å². The van der Waals surface area contributed by atoms with Crippen LogP contribution in [-0.2, 0) is 0 Å². The highest BCUT2D eigenvalue weighted by molar-refractivity contribution is 6.32. The van der Waals surface area contributed by atoms with Gasteiger partial charge in [0.25, 0.3) is 0 Å². The van der Waals surface area contributed by atoms with Crippen molar-refractivity contribution < 1.29 is 0 Å². The number of nitrogen functional groups attached to an aromatic ring is 1. The van der Waals surface area contributed by atoms with E-state index >= 15 is 0 Å². The highest BCUT2D eigenvalue weighted by atomic mass is 35.5. The molecular weight excluding hydrogens is 198 g/mol. The van der Waals surface area contributed by atoms with Gasteiger partial charge in [-0.15, -0.1) is 10.2 Å². The third-order valence-electron chi connectivity index (χ3n) is 1.84. The summed E-state index contributed by atoms with van der Waals surface area (Å²) in [5.41, 5.74) is 7.16. The van der Waals surface area contributed by atoms with Crippen LogP contribution >= 0.6 is 11.6 Å². The number of hydrogen-bond acceptors (Lipinski definition) is 3. The Hall–Kier alpha value is -1.61. The van der Waals surface area contributed by atoms with Crippen LogP contribution in [0.5, 0.6) is 0 Å². The lowest BCUT2D eigenvalue weighted by atomic mass is 10.1. The number of anilines is 1. The summed E-state index contributed by atoms with van der Waals surface area (Å²) < 4.78 is 0. The number of nitrogens with zero attached hydrogens (tertiary/aromatic N) is 2. The van der Waals surface area contributed by atoms with Crippen LogP contribution in [0.1, 0.15) is 0 Å². The van der Waals surface area contributed by atoms with E-state index in [4.69, 9.17) is 17.3 Å². The fourth-order valence-corrected chi connectivity index (χ4v) is 1.27. The van der Waals surface area contributed by atoms with Gasteiger partial charge in [0.1, 0.15) is 0 Å². The maximum Gasteiger partial charge on any atom is 0.164 e. The van der Waals surface area contributed by atoms with Gasteiger partial charge < -0.3 is 5.73 Å². The summed E-state index contributed by atoms with van der Waals surface area (Å²) in [7, 11) is 0. The molecule has 0 amide bonds. The number of hydrogen-bond donors (Lipinski definition) is 1.